The molecule has 4 heteroatoms. The Balaban J connectivity index is 0.981. The zero-order valence-electron chi connectivity index (χ0n) is 34.2. The summed E-state index contributed by atoms with van der Waals surface area (Å²) in [5.74, 6) is 0.694. The Kier molecular flexibility index (Phi) is 8.79. The topological polar surface area (TPSA) is 43.6 Å². The van der Waals surface area contributed by atoms with Crippen molar-refractivity contribution in [3.05, 3.63) is 231 Å². The smallest absolute Gasteiger partial charge is 0.160 e. The third-order valence-electron chi connectivity index (χ3n) is 12.2. The van der Waals surface area contributed by atoms with Crippen molar-refractivity contribution in [3.8, 4) is 73.1 Å². The van der Waals surface area contributed by atoms with Gasteiger partial charge in [0.05, 0.1) is 33.6 Å². The minimum atomic E-state index is 0.694. The average molecular weight is 803 g/mol. The molecule has 12 aromatic rings. The molecule has 0 amide bonds. The van der Waals surface area contributed by atoms with Crippen LogP contribution in [-0.2, 0) is 0 Å². The van der Waals surface area contributed by atoms with E-state index >= 15 is 0 Å². The molecule has 9 aromatic carbocycles. The molecule has 3 aromatic heterocycles. The van der Waals surface area contributed by atoms with Crippen LogP contribution < -0.4 is 0 Å². The normalized spacial score (nSPS) is 11.5. The van der Waals surface area contributed by atoms with Crippen LogP contribution >= 0.6 is 0 Å². The first-order valence-corrected chi connectivity index (χ1v) is 21.3. The maximum atomic E-state index is 5.35. The van der Waals surface area contributed by atoms with Crippen LogP contribution in [0, 0.1) is 0 Å². The fourth-order valence-electron chi connectivity index (χ4n) is 9.10. The molecule has 12 rings (SSSR count). The number of aromatic nitrogens is 4. The Labute approximate surface area is 365 Å². The molecule has 0 aliphatic carbocycles. The van der Waals surface area contributed by atoms with Crippen molar-refractivity contribution in [2.45, 2.75) is 0 Å². The van der Waals surface area contributed by atoms with E-state index in [0.717, 1.165) is 94.6 Å². The van der Waals surface area contributed by atoms with E-state index in [0.29, 0.717) is 5.82 Å². The molecule has 63 heavy (non-hydrogen) atoms. The van der Waals surface area contributed by atoms with E-state index in [1.807, 2.05) is 12.1 Å². The highest BCUT2D eigenvalue weighted by molar-refractivity contribution is 6.19. The van der Waals surface area contributed by atoms with Crippen molar-refractivity contribution in [2.75, 3.05) is 0 Å². The Bertz CT molecular complexity index is 3640. The molecule has 0 aliphatic heterocycles. The number of fused-ring (bicyclic) bond motifs is 6. The van der Waals surface area contributed by atoms with E-state index in [1.165, 1.54) is 16.2 Å². The van der Waals surface area contributed by atoms with Crippen LogP contribution in [0.5, 0.6) is 0 Å². The molecule has 0 aliphatic rings. The quantitative estimate of drug-likeness (QED) is 0.151. The molecule has 294 valence electrons. The minimum absolute atomic E-state index is 0.694. The summed E-state index contributed by atoms with van der Waals surface area (Å²) < 4.78 is 2.40. The predicted octanol–water partition coefficient (Wildman–Crippen LogP) is 15.3. The maximum Gasteiger partial charge on any atom is 0.160 e. The molecule has 0 bridgehead atoms. The molecular weight excluding hydrogens is 765 g/mol. The Morgan fingerprint density at radius 2 is 0.778 bits per heavy atom. The van der Waals surface area contributed by atoms with Crippen LogP contribution in [0.4, 0.5) is 0 Å². The molecule has 0 saturated carbocycles. The van der Waals surface area contributed by atoms with Crippen molar-refractivity contribution in [1.82, 2.24) is 19.5 Å². The summed E-state index contributed by atoms with van der Waals surface area (Å²) in [5.41, 5.74) is 15.9. The van der Waals surface area contributed by atoms with Crippen molar-refractivity contribution in [3.63, 3.8) is 0 Å². The number of rotatable bonds is 7. The summed E-state index contributed by atoms with van der Waals surface area (Å²) in [4.78, 5) is 15.7. The third-order valence-corrected chi connectivity index (χ3v) is 12.2. The molecular formula is C59H38N4. The lowest BCUT2D eigenvalue weighted by atomic mass is 9.98. The molecule has 4 nitrogen and oxygen atoms in total. The zero-order valence-corrected chi connectivity index (χ0v) is 34.2. The molecule has 0 unspecified atom stereocenters. The largest absolute Gasteiger partial charge is 0.309 e. The number of nitrogens with zero attached hydrogens (tertiary/aromatic N) is 4. The summed E-state index contributed by atoms with van der Waals surface area (Å²) in [6.07, 6.45) is 0. The Hall–Kier alpha value is -8.47. The lowest BCUT2D eigenvalue weighted by Gasteiger charge is -2.12. The molecule has 0 radical (unpaired) electrons. The van der Waals surface area contributed by atoms with Gasteiger partial charge in [-0.2, -0.15) is 0 Å². The van der Waals surface area contributed by atoms with E-state index in [1.54, 1.807) is 0 Å². The van der Waals surface area contributed by atoms with E-state index in [-0.39, 0.29) is 0 Å². The van der Waals surface area contributed by atoms with Gasteiger partial charge in [-0.05, 0) is 70.1 Å². The van der Waals surface area contributed by atoms with Crippen LogP contribution in [-0.4, -0.2) is 19.5 Å². The van der Waals surface area contributed by atoms with Crippen molar-refractivity contribution in [2.24, 2.45) is 0 Å². The van der Waals surface area contributed by atoms with Gasteiger partial charge < -0.3 is 4.57 Å². The summed E-state index contributed by atoms with van der Waals surface area (Å²) in [6, 6.07) is 81.5. The van der Waals surface area contributed by atoms with Crippen LogP contribution in [0.3, 0.4) is 0 Å². The van der Waals surface area contributed by atoms with Crippen LogP contribution in [0.25, 0.3) is 117 Å². The van der Waals surface area contributed by atoms with Gasteiger partial charge in [0.1, 0.15) is 0 Å². The van der Waals surface area contributed by atoms with E-state index in [4.69, 9.17) is 15.0 Å². The lowest BCUT2D eigenvalue weighted by molar-refractivity contribution is 1.18. The van der Waals surface area contributed by atoms with Gasteiger partial charge >= 0.3 is 0 Å². The molecule has 0 N–H and O–H groups in total. The van der Waals surface area contributed by atoms with Gasteiger partial charge in [0, 0.05) is 49.5 Å². The van der Waals surface area contributed by atoms with Gasteiger partial charge in [-0.25, -0.2) is 15.0 Å². The number of pyridine rings is 1. The highest BCUT2D eigenvalue weighted by Gasteiger charge is 2.18. The van der Waals surface area contributed by atoms with Crippen LogP contribution in [0.1, 0.15) is 0 Å². The third kappa shape index (κ3) is 6.53. The molecule has 3 heterocycles. The van der Waals surface area contributed by atoms with Gasteiger partial charge in [0.15, 0.2) is 5.82 Å². The van der Waals surface area contributed by atoms with E-state index < -0.39 is 0 Å². The first-order chi connectivity index (χ1) is 31.2. The van der Waals surface area contributed by atoms with E-state index in [9.17, 15) is 0 Å². The highest BCUT2D eigenvalue weighted by atomic mass is 15.0. The lowest BCUT2D eigenvalue weighted by Crippen LogP contribution is -1.96. The van der Waals surface area contributed by atoms with Gasteiger partial charge in [0.2, 0.25) is 0 Å². The van der Waals surface area contributed by atoms with Gasteiger partial charge in [-0.15, -0.1) is 0 Å². The monoisotopic (exact) mass is 802 g/mol. The van der Waals surface area contributed by atoms with Crippen molar-refractivity contribution in [1.29, 1.82) is 0 Å². The van der Waals surface area contributed by atoms with Gasteiger partial charge in [-0.3, -0.25) is 0 Å². The van der Waals surface area contributed by atoms with Gasteiger partial charge in [0.25, 0.3) is 0 Å². The average Bonchev–Trinajstić information content (AvgIpc) is 3.69. The molecule has 0 saturated heterocycles. The second-order valence-electron chi connectivity index (χ2n) is 16.0. The first kappa shape index (κ1) is 36.4. The second-order valence-corrected chi connectivity index (χ2v) is 16.0. The summed E-state index contributed by atoms with van der Waals surface area (Å²) >= 11 is 0. The molecule has 0 spiro atoms. The number of hydrogen-bond donors (Lipinski definition) is 0. The number of para-hydroxylation sites is 1. The standard InChI is InChI=1S/C59H38N4/c1-5-16-39(17-6-1)44-22-15-23-46(34-44)59-61-53(41-18-7-2-8-19-41)38-54(62-59)42-30-28-40(29-31-42)45-32-33-49-52-36-55-51(37-57(52)63(56(49)35-45)47-24-11-4-12-25-47)48-26-13-14-27-50(48)58(60-55)43-20-9-3-10-21-43/h1-38H. The molecule has 0 fully saturated rings. The molecule has 0 atom stereocenters. The fraction of sp³-hybridized carbons (Fsp3) is 0. The van der Waals surface area contributed by atoms with Crippen LogP contribution in [0.15, 0.2) is 231 Å². The zero-order chi connectivity index (χ0) is 41.7. The second kappa shape index (κ2) is 15.2. The van der Waals surface area contributed by atoms with Crippen molar-refractivity contribution < 1.29 is 0 Å². The van der Waals surface area contributed by atoms with Crippen molar-refractivity contribution >= 4 is 43.5 Å². The summed E-state index contributed by atoms with van der Waals surface area (Å²) in [6.45, 7) is 0. The fourth-order valence-corrected chi connectivity index (χ4v) is 9.10. The summed E-state index contributed by atoms with van der Waals surface area (Å²) in [5, 5.41) is 5.84. The van der Waals surface area contributed by atoms with E-state index in [2.05, 4.69) is 223 Å². The Morgan fingerprint density at radius 1 is 0.270 bits per heavy atom. The number of benzene rings is 9. The SMILES string of the molecule is c1ccc(-c2cccc(-c3nc(-c4ccccc4)cc(-c4ccc(-c5ccc6c7cc8nc(-c9ccccc9)c9ccccc9c8cc7n(-c7ccccc7)c6c5)cc4)n3)c2)cc1. The maximum absolute atomic E-state index is 5.35. The minimum Gasteiger partial charge on any atom is -0.309 e. The van der Waals surface area contributed by atoms with Crippen LogP contribution in [0.2, 0.25) is 0 Å². The summed E-state index contributed by atoms with van der Waals surface area (Å²) in [7, 11) is 0. The Morgan fingerprint density at radius 3 is 1.49 bits per heavy atom. The number of hydrogen-bond acceptors (Lipinski definition) is 3. The van der Waals surface area contributed by atoms with Gasteiger partial charge in [-0.1, -0.05) is 188 Å². The highest BCUT2D eigenvalue weighted by Crippen LogP contribution is 2.40. The predicted molar refractivity (Wildman–Crippen MR) is 262 cm³/mol. The first-order valence-electron chi connectivity index (χ1n) is 21.3.